The fraction of sp³-hybridized carbons (Fsp3) is 0.364. The third kappa shape index (κ3) is 1.77. The summed E-state index contributed by atoms with van der Waals surface area (Å²) in [7, 11) is 0. The molecule has 1 unspecified atom stereocenters. The Hall–Kier alpha value is -1.35. The zero-order valence-electron chi connectivity index (χ0n) is 8.66. The highest BCUT2D eigenvalue weighted by molar-refractivity contribution is 6.03. The Morgan fingerprint density at radius 3 is 2.36 bits per heavy atom. The van der Waals surface area contributed by atoms with Crippen molar-refractivity contribution in [2.45, 2.75) is 26.8 Å². The van der Waals surface area contributed by atoms with Crippen LogP contribution in [0.4, 0.5) is 0 Å². The number of phenols is 1. The third-order valence-corrected chi connectivity index (χ3v) is 2.25. The fourth-order valence-electron chi connectivity index (χ4n) is 1.33. The zero-order valence-corrected chi connectivity index (χ0v) is 8.66. The lowest BCUT2D eigenvalue weighted by atomic mass is 9.97. The van der Waals surface area contributed by atoms with Crippen molar-refractivity contribution in [3.05, 3.63) is 28.8 Å². The number of hydrogen-bond donors (Lipinski definition) is 2. The van der Waals surface area contributed by atoms with Crippen LogP contribution in [0.25, 0.3) is 0 Å². The lowest BCUT2D eigenvalue weighted by Gasteiger charge is -2.11. The highest BCUT2D eigenvalue weighted by Gasteiger charge is 2.18. The van der Waals surface area contributed by atoms with Crippen LogP contribution in [0.3, 0.4) is 0 Å². The first-order valence-corrected chi connectivity index (χ1v) is 4.54. The molecule has 0 aliphatic rings. The summed E-state index contributed by atoms with van der Waals surface area (Å²) in [5, 5.41) is 9.72. The van der Waals surface area contributed by atoms with E-state index in [4.69, 9.17) is 5.73 Å². The Kier molecular flexibility index (Phi) is 2.91. The van der Waals surface area contributed by atoms with Gasteiger partial charge in [-0.3, -0.25) is 4.79 Å². The first-order valence-electron chi connectivity index (χ1n) is 4.54. The van der Waals surface area contributed by atoms with Gasteiger partial charge < -0.3 is 10.8 Å². The molecular formula is C11H15NO2. The zero-order chi connectivity index (χ0) is 10.9. The molecule has 3 nitrogen and oxygen atoms in total. The monoisotopic (exact) mass is 193 g/mol. The van der Waals surface area contributed by atoms with Gasteiger partial charge in [0.15, 0.2) is 5.78 Å². The van der Waals surface area contributed by atoms with Crippen LogP contribution in [0.1, 0.15) is 28.4 Å². The summed E-state index contributed by atoms with van der Waals surface area (Å²) in [5.74, 6) is -0.170. The van der Waals surface area contributed by atoms with Gasteiger partial charge >= 0.3 is 0 Å². The predicted octanol–water partition coefficient (Wildman–Crippen LogP) is 1.54. The predicted molar refractivity (Wildman–Crippen MR) is 55.6 cm³/mol. The average Bonchev–Trinajstić information content (AvgIpc) is 2.12. The van der Waals surface area contributed by atoms with Gasteiger partial charge in [-0.05, 0) is 31.9 Å². The van der Waals surface area contributed by atoms with Gasteiger partial charge in [-0.2, -0.15) is 0 Å². The number of aryl methyl sites for hydroxylation is 2. The molecule has 0 heterocycles. The Bertz CT molecular complexity index is 370. The topological polar surface area (TPSA) is 63.3 Å². The van der Waals surface area contributed by atoms with E-state index in [0.717, 1.165) is 5.56 Å². The summed E-state index contributed by atoms with van der Waals surface area (Å²) in [6, 6.07) is 3.01. The first kappa shape index (κ1) is 10.7. The van der Waals surface area contributed by atoms with Crippen LogP contribution >= 0.6 is 0 Å². The molecule has 1 atom stereocenters. The van der Waals surface area contributed by atoms with Crippen molar-refractivity contribution in [3.8, 4) is 5.75 Å². The van der Waals surface area contributed by atoms with Crippen molar-refractivity contribution in [3.63, 3.8) is 0 Å². The SMILES string of the molecule is Cc1ccc(C)c(C(=O)C(C)N)c1O. The maximum Gasteiger partial charge on any atom is 0.183 e. The van der Waals surface area contributed by atoms with Crippen molar-refractivity contribution in [1.29, 1.82) is 0 Å². The van der Waals surface area contributed by atoms with Gasteiger partial charge in [-0.15, -0.1) is 0 Å². The maximum atomic E-state index is 11.7. The fourth-order valence-corrected chi connectivity index (χ4v) is 1.33. The van der Waals surface area contributed by atoms with E-state index >= 15 is 0 Å². The molecule has 3 heteroatoms. The molecule has 3 N–H and O–H groups in total. The van der Waals surface area contributed by atoms with Gasteiger partial charge in [0.1, 0.15) is 5.75 Å². The summed E-state index contributed by atoms with van der Waals surface area (Å²) >= 11 is 0. The van der Waals surface area contributed by atoms with E-state index < -0.39 is 6.04 Å². The normalized spacial score (nSPS) is 12.6. The van der Waals surface area contributed by atoms with Crippen LogP contribution in [0.2, 0.25) is 0 Å². The van der Waals surface area contributed by atoms with Crippen LogP contribution < -0.4 is 5.73 Å². The van der Waals surface area contributed by atoms with Gasteiger partial charge in [-0.1, -0.05) is 12.1 Å². The molecule has 0 spiro atoms. The van der Waals surface area contributed by atoms with Crippen LogP contribution in [-0.4, -0.2) is 16.9 Å². The van der Waals surface area contributed by atoms with Crippen molar-refractivity contribution in [2.24, 2.45) is 5.73 Å². The van der Waals surface area contributed by atoms with E-state index in [1.54, 1.807) is 26.8 Å². The van der Waals surface area contributed by atoms with E-state index in [1.165, 1.54) is 0 Å². The Morgan fingerprint density at radius 2 is 1.86 bits per heavy atom. The van der Waals surface area contributed by atoms with E-state index in [-0.39, 0.29) is 11.5 Å². The first-order chi connectivity index (χ1) is 6.45. The van der Waals surface area contributed by atoms with E-state index in [0.29, 0.717) is 11.1 Å². The standard InChI is InChI=1S/C11H15NO2/c1-6-4-5-7(2)10(13)9(6)11(14)8(3)12/h4-5,8,13H,12H2,1-3H3. The lowest BCUT2D eigenvalue weighted by molar-refractivity contribution is 0.0964. The number of aromatic hydroxyl groups is 1. The molecule has 0 bridgehead atoms. The number of rotatable bonds is 2. The van der Waals surface area contributed by atoms with Gasteiger partial charge in [0.05, 0.1) is 11.6 Å². The van der Waals surface area contributed by atoms with E-state index in [1.807, 2.05) is 6.07 Å². The quantitative estimate of drug-likeness (QED) is 0.700. The summed E-state index contributed by atoms with van der Waals surface area (Å²) in [4.78, 5) is 11.7. The number of nitrogens with two attached hydrogens (primary N) is 1. The third-order valence-electron chi connectivity index (χ3n) is 2.25. The average molecular weight is 193 g/mol. The summed E-state index contributed by atoms with van der Waals surface area (Å²) in [6.45, 7) is 5.16. The molecule has 0 saturated heterocycles. The van der Waals surface area contributed by atoms with Crippen molar-refractivity contribution in [2.75, 3.05) is 0 Å². The molecular weight excluding hydrogens is 178 g/mol. The molecule has 14 heavy (non-hydrogen) atoms. The minimum Gasteiger partial charge on any atom is -0.507 e. The van der Waals surface area contributed by atoms with Crippen molar-refractivity contribution in [1.82, 2.24) is 0 Å². The van der Waals surface area contributed by atoms with Gasteiger partial charge in [0.2, 0.25) is 0 Å². The van der Waals surface area contributed by atoms with Crippen LogP contribution in [0.15, 0.2) is 12.1 Å². The number of benzene rings is 1. The largest absolute Gasteiger partial charge is 0.507 e. The second-order valence-electron chi connectivity index (χ2n) is 3.58. The molecule has 0 amide bonds. The molecule has 0 radical (unpaired) electrons. The molecule has 0 aromatic heterocycles. The van der Waals surface area contributed by atoms with Crippen molar-refractivity contribution >= 4 is 5.78 Å². The number of ketones is 1. The van der Waals surface area contributed by atoms with Crippen molar-refractivity contribution < 1.29 is 9.90 Å². The number of phenolic OH excluding ortho intramolecular Hbond substituents is 1. The van der Waals surface area contributed by atoms with Gasteiger partial charge in [0.25, 0.3) is 0 Å². The molecule has 1 aromatic rings. The Labute approximate surface area is 83.6 Å². The number of Topliss-reactive ketones (excluding diaryl/α,β-unsaturated/α-hetero) is 1. The number of hydrogen-bond acceptors (Lipinski definition) is 3. The molecule has 0 aliphatic heterocycles. The van der Waals surface area contributed by atoms with E-state index in [9.17, 15) is 9.90 Å². The molecule has 1 aromatic carbocycles. The minimum absolute atomic E-state index is 0.0484. The second kappa shape index (κ2) is 3.80. The molecule has 0 saturated carbocycles. The van der Waals surface area contributed by atoms with Gasteiger partial charge in [0, 0.05) is 0 Å². The molecule has 0 aliphatic carbocycles. The summed E-state index contributed by atoms with van der Waals surface area (Å²) < 4.78 is 0. The Morgan fingerprint density at radius 1 is 1.36 bits per heavy atom. The second-order valence-corrected chi connectivity index (χ2v) is 3.58. The van der Waals surface area contributed by atoms with Crippen LogP contribution in [0, 0.1) is 13.8 Å². The van der Waals surface area contributed by atoms with Crippen LogP contribution in [0.5, 0.6) is 5.75 Å². The highest BCUT2D eigenvalue weighted by Crippen LogP contribution is 2.25. The number of carbonyl (C=O) groups is 1. The molecule has 0 fully saturated rings. The minimum atomic E-state index is -0.582. The lowest BCUT2D eigenvalue weighted by Crippen LogP contribution is -2.27. The summed E-state index contributed by atoms with van der Waals surface area (Å²) in [6.07, 6.45) is 0. The summed E-state index contributed by atoms with van der Waals surface area (Å²) in [5.41, 5.74) is 7.30. The molecule has 1 rings (SSSR count). The number of carbonyl (C=O) groups excluding carboxylic acids is 1. The Balaban J connectivity index is 3.33. The van der Waals surface area contributed by atoms with E-state index in [2.05, 4.69) is 0 Å². The highest BCUT2D eigenvalue weighted by atomic mass is 16.3. The molecule has 76 valence electrons. The maximum absolute atomic E-state index is 11.7. The van der Waals surface area contributed by atoms with Crippen LogP contribution in [-0.2, 0) is 0 Å². The van der Waals surface area contributed by atoms with Gasteiger partial charge in [-0.25, -0.2) is 0 Å². The smallest absolute Gasteiger partial charge is 0.183 e.